The maximum Gasteiger partial charge on any atom is 0.238 e. The molecule has 0 bridgehead atoms. The van der Waals surface area contributed by atoms with Gasteiger partial charge in [-0.25, -0.2) is 4.39 Å². The Morgan fingerprint density at radius 2 is 2.00 bits per heavy atom. The number of hydrogen-bond donors (Lipinski definition) is 2. The summed E-state index contributed by atoms with van der Waals surface area (Å²) < 4.78 is 12.6. The average molecular weight is 222 g/mol. The summed E-state index contributed by atoms with van der Waals surface area (Å²) in [4.78, 5) is 11.5. The molecular formula is C12H15FN2O. The molecule has 0 aromatic heterocycles. The first-order valence-corrected chi connectivity index (χ1v) is 5.53. The number of amides is 1. The van der Waals surface area contributed by atoms with Crippen LogP contribution in [-0.2, 0) is 4.79 Å². The van der Waals surface area contributed by atoms with E-state index < -0.39 is 0 Å². The smallest absolute Gasteiger partial charge is 0.238 e. The van der Waals surface area contributed by atoms with Gasteiger partial charge < -0.3 is 10.6 Å². The highest BCUT2D eigenvalue weighted by molar-refractivity contribution is 5.92. The molecule has 4 heteroatoms. The topological polar surface area (TPSA) is 41.1 Å². The van der Waals surface area contributed by atoms with Gasteiger partial charge in [-0.2, -0.15) is 0 Å². The van der Waals surface area contributed by atoms with E-state index >= 15 is 0 Å². The third kappa shape index (κ3) is 3.03. The minimum absolute atomic E-state index is 0.0847. The van der Waals surface area contributed by atoms with Crippen LogP contribution in [0.2, 0.25) is 0 Å². The summed E-state index contributed by atoms with van der Waals surface area (Å²) in [5, 5.41) is 5.87. The van der Waals surface area contributed by atoms with Crippen molar-refractivity contribution >= 4 is 11.6 Å². The SMILES string of the molecule is O=C(CNC1CCC1)Nc1ccc(F)cc1. The van der Waals surface area contributed by atoms with Crippen LogP contribution in [0.5, 0.6) is 0 Å². The van der Waals surface area contributed by atoms with Gasteiger partial charge in [-0.05, 0) is 37.1 Å². The number of carbonyl (C=O) groups is 1. The molecule has 1 aliphatic rings. The molecule has 0 aliphatic heterocycles. The summed E-state index contributed by atoms with van der Waals surface area (Å²) in [6, 6.07) is 6.26. The molecular weight excluding hydrogens is 207 g/mol. The van der Waals surface area contributed by atoms with Crippen LogP contribution in [0.1, 0.15) is 19.3 Å². The van der Waals surface area contributed by atoms with Crippen LogP contribution in [0.25, 0.3) is 0 Å². The van der Waals surface area contributed by atoms with Gasteiger partial charge in [-0.3, -0.25) is 4.79 Å². The minimum Gasteiger partial charge on any atom is -0.325 e. The molecule has 0 unspecified atom stereocenters. The molecule has 1 aromatic carbocycles. The number of nitrogens with one attached hydrogen (secondary N) is 2. The van der Waals surface area contributed by atoms with Crippen molar-refractivity contribution in [3.63, 3.8) is 0 Å². The molecule has 86 valence electrons. The molecule has 0 radical (unpaired) electrons. The lowest BCUT2D eigenvalue weighted by Gasteiger charge is -2.26. The molecule has 0 saturated heterocycles. The second-order valence-corrected chi connectivity index (χ2v) is 4.06. The molecule has 1 fully saturated rings. The minimum atomic E-state index is -0.300. The van der Waals surface area contributed by atoms with Gasteiger partial charge in [0.2, 0.25) is 5.91 Å². The first-order chi connectivity index (χ1) is 7.74. The molecule has 0 atom stereocenters. The predicted octanol–water partition coefficient (Wildman–Crippen LogP) is 1.91. The Morgan fingerprint density at radius 3 is 2.56 bits per heavy atom. The lowest BCUT2D eigenvalue weighted by molar-refractivity contribution is -0.115. The number of rotatable bonds is 4. The van der Waals surface area contributed by atoms with Crippen LogP contribution < -0.4 is 10.6 Å². The monoisotopic (exact) mass is 222 g/mol. The maximum absolute atomic E-state index is 12.6. The van der Waals surface area contributed by atoms with Crippen molar-refractivity contribution in [1.29, 1.82) is 0 Å². The van der Waals surface area contributed by atoms with Gasteiger partial charge in [0.05, 0.1) is 6.54 Å². The summed E-state index contributed by atoms with van der Waals surface area (Å²) in [6.45, 7) is 0.321. The zero-order valence-corrected chi connectivity index (χ0v) is 9.00. The van der Waals surface area contributed by atoms with E-state index in [0.717, 1.165) is 12.8 Å². The Labute approximate surface area is 94.0 Å². The standard InChI is InChI=1S/C12H15FN2O/c13-9-4-6-11(7-5-9)15-12(16)8-14-10-2-1-3-10/h4-7,10,14H,1-3,8H2,(H,15,16). The van der Waals surface area contributed by atoms with Crippen molar-refractivity contribution in [2.24, 2.45) is 0 Å². The molecule has 1 amide bonds. The van der Waals surface area contributed by atoms with Crippen molar-refractivity contribution in [3.05, 3.63) is 30.1 Å². The lowest BCUT2D eigenvalue weighted by Crippen LogP contribution is -2.40. The summed E-state index contributed by atoms with van der Waals surface area (Å²) >= 11 is 0. The van der Waals surface area contributed by atoms with E-state index in [1.165, 1.54) is 18.6 Å². The molecule has 0 spiro atoms. The summed E-state index contributed by atoms with van der Waals surface area (Å²) in [7, 11) is 0. The normalized spacial score (nSPS) is 15.6. The van der Waals surface area contributed by atoms with Crippen molar-refractivity contribution in [1.82, 2.24) is 5.32 Å². The Hall–Kier alpha value is -1.42. The first-order valence-electron chi connectivity index (χ1n) is 5.53. The van der Waals surface area contributed by atoms with E-state index in [-0.39, 0.29) is 11.7 Å². The van der Waals surface area contributed by atoms with Crippen LogP contribution >= 0.6 is 0 Å². The zero-order chi connectivity index (χ0) is 11.4. The Balaban J connectivity index is 1.75. The van der Waals surface area contributed by atoms with Crippen LogP contribution in [0.15, 0.2) is 24.3 Å². The zero-order valence-electron chi connectivity index (χ0n) is 9.00. The average Bonchev–Trinajstić information content (AvgIpc) is 2.19. The third-order valence-corrected chi connectivity index (χ3v) is 2.78. The molecule has 1 aromatic rings. The molecule has 1 saturated carbocycles. The van der Waals surface area contributed by atoms with Gasteiger partial charge in [-0.1, -0.05) is 6.42 Å². The lowest BCUT2D eigenvalue weighted by atomic mass is 9.93. The van der Waals surface area contributed by atoms with E-state index in [2.05, 4.69) is 10.6 Å². The fraction of sp³-hybridized carbons (Fsp3) is 0.417. The molecule has 3 nitrogen and oxygen atoms in total. The van der Waals surface area contributed by atoms with Crippen molar-refractivity contribution in [2.45, 2.75) is 25.3 Å². The van der Waals surface area contributed by atoms with Gasteiger partial charge in [-0.15, -0.1) is 0 Å². The summed E-state index contributed by atoms with van der Waals surface area (Å²) in [5.74, 6) is -0.385. The van der Waals surface area contributed by atoms with Gasteiger partial charge >= 0.3 is 0 Å². The number of halogens is 1. The van der Waals surface area contributed by atoms with E-state index in [1.807, 2.05) is 0 Å². The number of hydrogen-bond acceptors (Lipinski definition) is 2. The quantitative estimate of drug-likeness (QED) is 0.817. The Kier molecular flexibility index (Phi) is 3.51. The predicted molar refractivity (Wildman–Crippen MR) is 60.7 cm³/mol. The van der Waals surface area contributed by atoms with E-state index in [9.17, 15) is 9.18 Å². The fourth-order valence-corrected chi connectivity index (χ4v) is 1.59. The fourth-order valence-electron chi connectivity index (χ4n) is 1.59. The molecule has 0 heterocycles. The molecule has 2 rings (SSSR count). The van der Waals surface area contributed by atoms with Crippen LogP contribution in [0.3, 0.4) is 0 Å². The van der Waals surface area contributed by atoms with Gasteiger partial charge in [0.15, 0.2) is 0 Å². The summed E-state index contributed by atoms with van der Waals surface area (Å²) in [6.07, 6.45) is 3.56. The van der Waals surface area contributed by atoms with Crippen LogP contribution in [0, 0.1) is 5.82 Å². The van der Waals surface area contributed by atoms with Crippen molar-refractivity contribution in [3.8, 4) is 0 Å². The first kappa shape index (κ1) is 11.1. The van der Waals surface area contributed by atoms with Crippen molar-refractivity contribution in [2.75, 3.05) is 11.9 Å². The van der Waals surface area contributed by atoms with Crippen LogP contribution in [0.4, 0.5) is 10.1 Å². The molecule has 2 N–H and O–H groups in total. The number of anilines is 1. The van der Waals surface area contributed by atoms with Crippen molar-refractivity contribution < 1.29 is 9.18 Å². The largest absolute Gasteiger partial charge is 0.325 e. The highest BCUT2D eigenvalue weighted by atomic mass is 19.1. The number of benzene rings is 1. The van der Waals surface area contributed by atoms with E-state index in [0.29, 0.717) is 18.3 Å². The van der Waals surface area contributed by atoms with Gasteiger partial charge in [0.1, 0.15) is 5.82 Å². The Morgan fingerprint density at radius 1 is 1.31 bits per heavy atom. The molecule has 1 aliphatic carbocycles. The second kappa shape index (κ2) is 5.07. The van der Waals surface area contributed by atoms with Gasteiger partial charge in [0.25, 0.3) is 0 Å². The third-order valence-electron chi connectivity index (χ3n) is 2.78. The highest BCUT2D eigenvalue weighted by Gasteiger charge is 2.17. The summed E-state index contributed by atoms with van der Waals surface area (Å²) in [5.41, 5.74) is 0.627. The van der Waals surface area contributed by atoms with Gasteiger partial charge in [0, 0.05) is 11.7 Å². The van der Waals surface area contributed by atoms with Crippen LogP contribution in [-0.4, -0.2) is 18.5 Å². The highest BCUT2D eigenvalue weighted by Crippen LogP contribution is 2.17. The number of carbonyl (C=O) groups excluding carboxylic acids is 1. The van der Waals surface area contributed by atoms with E-state index in [4.69, 9.17) is 0 Å². The van der Waals surface area contributed by atoms with E-state index in [1.54, 1.807) is 12.1 Å². The molecule has 16 heavy (non-hydrogen) atoms. The second-order valence-electron chi connectivity index (χ2n) is 4.06. The Bertz CT molecular complexity index is 360. The maximum atomic E-state index is 12.6.